The maximum absolute atomic E-state index is 9.80. The Kier molecular flexibility index (Phi) is 5.25. The maximum Gasteiger partial charge on any atom is 0.157 e. The Hall–Kier alpha value is -2.16. The fraction of sp³-hybridized carbons (Fsp3) is 0.333. The zero-order valence-electron chi connectivity index (χ0n) is 13.1. The van der Waals surface area contributed by atoms with Gasteiger partial charge in [0.05, 0.1) is 0 Å². The van der Waals surface area contributed by atoms with Crippen LogP contribution in [0.15, 0.2) is 71.0 Å². The monoisotopic (exact) mass is 288 g/mol. The molecule has 0 amide bonds. The van der Waals surface area contributed by atoms with E-state index in [4.69, 9.17) is 0 Å². The van der Waals surface area contributed by atoms with E-state index in [1.807, 2.05) is 39.8 Å². The summed E-state index contributed by atoms with van der Waals surface area (Å²) in [4.78, 5) is 0. The van der Waals surface area contributed by atoms with Crippen LogP contribution in [0.2, 0.25) is 0 Å². The molecular formula is C18H24O3. The van der Waals surface area contributed by atoms with Crippen molar-refractivity contribution in [2.45, 2.75) is 34.1 Å². The number of allylic oxidation sites excluding steroid dienone is 8. The Balaban J connectivity index is 3.24. The van der Waals surface area contributed by atoms with Crippen molar-refractivity contribution in [2.75, 3.05) is 0 Å². The van der Waals surface area contributed by atoms with Crippen LogP contribution in [0, 0.1) is 5.41 Å². The molecule has 1 rings (SSSR count). The molecule has 1 aliphatic carbocycles. The standard InChI is InChI=1S/C18H24O3/c1-6-14(11-17(21)13(3)19)18(4,5)15-8-7-9-16(20)12(2)10-15/h6,8-11,19-21H,3,7H2,1-2,4-5H3/b14-6+,17-11+. The first-order valence-corrected chi connectivity index (χ1v) is 6.94. The lowest BCUT2D eigenvalue weighted by molar-refractivity contribution is 0.327. The third-order valence-corrected chi connectivity index (χ3v) is 3.77. The van der Waals surface area contributed by atoms with E-state index in [9.17, 15) is 15.3 Å². The van der Waals surface area contributed by atoms with Gasteiger partial charge in [-0.05, 0) is 49.1 Å². The highest BCUT2D eigenvalue weighted by atomic mass is 16.3. The van der Waals surface area contributed by atoms with Crippen LogP contribution >= 0.6 is 0 Å². The third kappa shape index (κ3) is 3.91. The Labute approximate surface area is 126 Å². The van der Waals surface area contributed by atoms with E-state index < -0.39 is 0 Å². The van der Waals surface area contributed by atoms with E-state index >= 15 is 0 Å². The molecule has 0 aromatic rings. The van der Waals surface area contributed by atoms with Gasteiger partial charge in [0.25, 0.3) is 0 Å². The van der Waals surface area contributed by atoms with Gasteiger partial charge in [-0.25, -0.2) is 0 Å². The van der Waals surface area contributed by atoms with Crippen LogP contribution in [-0.2, 0) is 0 Å². The third-order valence-electron chi connectivity index (χ3n) is 3.77. The van der Waals surface area contributed by atoms with Crippen molar-refractivity contribution < 1.29 is 15.3 Å². The van der Waals surface area contributed by atoms with Crippen molar-refractivity contribution >= 4 is 0 Å². The van der Waals surface area contributed by atoms with E-state index in [2.05, 4.69) is 12.7 Å². The topological polar surface area (TPSA) is 60.7 Å². The van der Waals surface area contributed by atoms with Gasteiger partial charge in [0.1, 0.15) is 11.5 Å². The maximum atomic E-state index is 9.80. The fourth-order valence-electron chi connectivity index (χ4n) is 2.28. The minimum atomic E-state index is -0.377. The van der Waals surface area contributed by atoms with Gasteiger partial charge in [0.15, 0.2) is 5.76 Å². The SMILES string of the molecule is C=C(O)/C(O)=C\C(=C/C)C(C)(C)C1=CCC=C(O)C(C)=C1. The summed E-state index contributed by atoms with van der Waals surface area (Å²) in [5.74, 6) is -0.306. The Morgan fingerprint density at radius 1 is 1.29 bits per heavy atom. The number of rotatable bonds is 4. The second-order valence-corrected chi connectivity index (χ2v) is 5.66. The highest BCUT2D eigenvalue weighted by molar-refractivity contribution is 5.46. The number of hydrogen-bond donors (Lipinski definition) is 3. The van der Waals surface area contributed by atoms with Crippen LogP contribution in [0.5, 0.6) is 0 Å². The first kappa shape index (κ1) is 16.9. The van der Waals surface area contributed by atoms with E-state index in [0.717, 1.165) is 16.7 Å². The molecular weight excluding hydrogens is 264 g/mol. The van der Waals surface area contributed by atoms with Crippen molar-refractivity contribution in [1.29, 1.82) is 0 Å². The summed E-state index contributed by atoms with van der Waals surface area (Å²) >= 11 is 0. The lowest BCUT2D eigenvalue weighted by atomic mass is 9.75. The molecule has 3 N–H and O–H groups in total. The second-order valence-electron chi connectivity index (χ2n) is 5.66. The average molecular weight is 288 g/mol. The van der Waals surface area contributed by atoms with E-state index in [1.165, 1.54) is 6.08 Å². The van der Waals surface area contributed by atoms with Gasteiger partial charge in [-0.1, -0.05) is 38.7 Å². The lowest BCUT2D eigenvalue weighted by Crippen LogP contribution is -2.17. The molecule has 3 heteroatoms. The molecule has 21 heavy (non-hydrogen) atoms. The van der Waals surface area contributed by atoms with E-state index in [-0.39, 0.29) is 16.9 Å². The van der Waals surface area contributed by atoms with Crippen molar-refractivity contribution in [3.05, 3.63) is 71.0 Å². The molecule has 0 aromatic carbocycles. The summed E-state index contributed by atoms with van der Waals surface area (Å²) in [6, 6.07) is 0. The second kappa shape index (κ2) is 6.53. The smallest absolute Gasteiger partial charge is 0.157 e. The average Bonchev–Trinajstić information content (AvgIpc) is 2.58. The molecule has 0 saturated heterocycles. The number of aliphatic hydroxyl groups is 3. The lowest BCUT2D eigenvalue weighted by Gasteiger charge is -2.28. The van der Waals surface area contributed by atoms with Crippen LogP contribution in [0.25, 0.3) is 0 Å². The highest BCUT2D eigenvalue weighted by Gasteiger charge is 2.26. The normalized spacial score (nSPS) is 17.6. The quantitative estimate of drug-likeness (QED) is 0.492. The van der Waals surface area contributed by atoms with Gasteiger partial charge >= 0.3 is 0 Å². The van der Waals surface area contributed by atoms with Gasteiger partial charge in [-0.2, -0.15) is 0 Å². The number of aliphatic hydroxyl groups excluding tert-OH is 3. The Morgan fingerprint density at radius 2 is 1.90 bits per heavy atom. The summed E-state index contributed by atoms with van der Waals surface area (Å²) in [7, 11) is 0. The predicted molar refractivity (Wildman–Crippen MR) is 87.2 cm³/mol. The van der Waals surface area contributed by atoms with Crippen molar-refractivity contribution in [3.8, 4) is 0 Å². The summed E-state index contributed by atoms with van der Waals surface area (Å²) < 4.78 is 0. The molecule has 0 spiro atoms. The zero-order chi connectivity index (χ0) is 16.2. The molecule has 0 aliphatic heterocycles. The molecule has 0 atom stereocenters. The molecule has 3 nitrogen and oxygen atoms in total. The summed E-state index contributed by atoms with van der Waals surface area (Å²) in [6.07, 6.45) is 9.83. The minimum Gasteiger partial charge on any atom is -0.508 e. The Morgan fingerprint density at radius 3 is 2.43 bits per heavy atom. The van der Waals surface area contributed by atoms with Gasteiger partial charge < -0.3 is 15.3 Å². The van der Waals surface area contributed by atoms with Crippen LogP contribution in [0.1, 0.15) is 34.1 Å². The van der Waals surface area contributed by atoms with E-state index in [0.29, 0.717) is 12.2 Å². The van der Waals surface area contributed by atoms with E-state index in [1.54, 1.807) is 6.08 Å². The zero-order valence-corrected chi connectivity index (χ0v) is 13.1. The minimum absolute atomic E-state index is 0.243. The molecule has 0 saturated carbocycles. The largest absolute Gasteiger partial charge is 0.508 e. The van der Waals surface area contributed by atoms with Gasteiger partial charge in [0.2, 0.25) is 0 Å². The molecule has 0 aromatic heterocycles. The molecule has 0 radical (unpaired) electrons. The first-order chi connectivity index (χ1) is 9.70. The summed E-state index contributed by atoms with van der Waals surface area (Å²) in [6.45, 7) is 11.1. The molecule has 114 valence electrons. The fourth-order valence-corrected chi connectivity index (χ4v) is 2.28. The van der Waals surface area contributed by atoms with Crippen LogP contribution in [-0.4, -0.2) is 15.3 Å². The molecule has 0 bridgehead atoms. The molecule has 0 unspecified atom stereocenters. The van der Waals surface area contributed by atoms with Crippen LogP contribution in [0.4, 0.5) is 0 Å². The van der Waals surface area contributed by atoms with Gasteiger partial charge in [0, 0.05) is 5.41 Å². The number of hydrogen-bond acceptors (Lipinski definition) is 3. The van der Waals surface area contributed by atoms with Crippen molar-refractivity contribution in [1.82, 2.24) is 0 Å². The predicted octanol–water partition coefficient (Wildman–Crippen LogP) is 5.19. The summed E-state index contributed by atoms with van der Waals surface area (Å²) in [5.41, 5.74) is 2.33. The van der Waals surface area contributed by atoms with Crippen LogP contribution < -0.4 is 0 Å². The molecule has 1 aliphatic rings. The summed E-state index contributed by atoms with van der Waals surface area (Å²) in [5, 5.41) is 28.8. The Bertz CT molecular complexity index is 582. The van der Waals surface area contributed by atoms with Crippen molar-refractivity contribution in [3.63, 3.8) is 0 Å². The van der Waals surface area contributed by atoms with Gasteiger partial charge in [-0.15, -0.1) is 0 Å². The molecule has 0 heterocycles. The molecule has 0 fully saturated rings. The van der Waals surface area contributed by atoms with Crippen LogP contribution in [0.3, 0.4) is 0 Å². The highest BCUT2D eigenvalue weighted by Crippen LogP contribution is 2.39. The van der Waals surface area contributed by atoms with Crippen molar-refractivity contribution in [2.24, 2.45) is 5.41 Å². The van der Waals surface area contributed by atoms with Gasteiger partial charge in [-0.3, -0.25) is 0 Å². The first-order valence-electron chi connectivity index (χ1n) is 6.94.